The van der Waals surface area contributed by atoms with Crippen LogP contribution in [0.5, 0.6) is 0 Å². The molecule has 1 saturated heterocycles. The maximum atomic E-state index is 12.1. The Morgan fingerprint density at radius 3 is 1.62 bits per heavy atom. The van der Waals surface area contributed by atoms with Gasteiger partial charge in [0, 0.05) is 0 Å². The zero-order chi connectivity index (χ0) is 19.2. The highest BCUT2D eigenvalue weighted by Crippen LogP contribution is 2.48. The van der Waals surface area contributed by atoms with Crippen molar-refractivity contribution < 1.29 is 44.3 Å². The van der Waals surface area contributed by atoms with Crippen molar-refractivity contribution in [3.63, 3.8) is 0 Å². The predicted octanol–water partition coefficient (Wildman–Crippen LogP) is -1.98. The molecular formula is C14H19BrO9. The summed E-state index contributed by atoms with van der Waals surface area (Å²) in [6, 6.07) is 0. The molecule has 9 nitrogen and oxygen atoms in total. The second kappa shape index (κ2) is 6.36. The first-order valence-electron chi connectivity index (χ1n) is 6.88. The highest BCUT2D eigenvalue weighted by atomic mass is 79.9. The summed E-state index contributed by atoms with van der Waals surface area (Å²) in [5.41, 5.74) is -9.67. The van der Waals surface area contributed by atoms with Crippen LogP contribution in [-0.4, -0.2) is 77.6 Å². The molecule has 1 unspecified atom stereocenters. The van der Waals surface area contributed by atoms with Crippen molar-refractivity contribution in [1.82, 2.24) is 0 Å². The molecule has 0 aromatic carbocycles. The second-order valence-electron chi connectivity index (χ2n) is 5.84. The summed E-state index contributed by atoms with van der Waals surface area (Å²) in [7, 11) is 0. The average Bonchev–Trinajstić information content (AvgIpc) is 2.46. The van der Waals surface area contributed by atoms with Crippen molar-refractivity contribution in [2.75, 3.05) is 0 Å². The van der Waals surface area contributed by atoms with Crippen molar-refractivity contribution in [3.8, 4) is 0 Å². The number of alkyl halides is 1. The van der Waals surface area contributed by atoms with Crippen LogP contribution >= 0.6 is 15.9 Å². The first kappa shape index (κ1) is 21.0. The monoisotopic (exact) mass is 410 g/mol. The van der Waals surface area contributed by atoms with Crippen LogP contribution in [0.2, 0.25) is 0 Å². The Hall–Kier alpha value is -1.04. The van der Waals surface area contributed by atoms with Crippen LogP contribution in [0.15, 0.2) is 0 Å². The van der Waals surface area contributed by atoms with E-state index in [-0.39, 0.29) is 0 Å². The summed E-state index contributed by atoms with van der Waals surface area (Å²) in [5.74, 6) is -4.73. The molecule has 0 aromatic rings. The molecule has 1 fully saturated rings. The molecule has 136 valence electrons. The summed E-state index contributed by atoms with van der Waals surface area (Å²) < 4.78 is 5.10. The lowest BCUT2D eigenvalue weighted by Gasteiger charge is -2.57. The molecule has 0 amide bonds. The van der Waals surface area contributed by atoms with E-state index in [1.165, 1.54) is 0 Å². The van der Waals surface area contributed by atoms with Crippen molar-refractivity contribution in [3.05, 3.63) is 0 Å². The van der Waals surface area contributed by atoms with Crippen LogP contribution in [0, 0.1) is 0 Å². The van der Waals surface area contributed by atoms with Gasteiger partial charge in [0.1, 0.15) is 12.2 Å². The number of ketones is 4. The topological polar surface area (TPSA) is 158 Å². The van der Waals surface area contributed by atoms with Gasteiger partial charge in [-0.3, -0.25) is 19.2 Å². The lowest BCUT2D eigenvalue weighted by Crippen LogP contribution is -2.86. The standard InChI is InChI=1S/C14H19BrO9/c1-5(16)9(20)10-12(21,6(2)17)14(23,8(4)19)13(22,7(3)18)11(15)24-10/h9-11,20-23H,1-4H3/t9?,10-,11+,12-,13+,14+/m1/s1. The van der Waals surface area contributed by atoms with Gasteiger partial charge < -0.3 is 25.2 Å². The SMILES string of the molecule is CC(=O)C(O)[C@H]1O[C@H](Br)[C@@](O)(C(C)=O)[C@](O)(C(C)=O)[C@@]1(O)C(C)=O. The number of aliphatic hydroxyl groups is 4. The van der Waals surface area contributed by atoms with Gasteiger partial charge in [-0.25, -0.2) is 0 Å². The van der Waals surface area contributed by atoms with Gasteiger partial charge in [-0.2, -0.15) is 0 Å². The lowest BCUT2D eigenvalue weighted by molar-refractivity contribution is -0.310. The zero-order valence-electron chi connectivity index (χ0n) is 13.4. The Balaban J connectivity index is 3.86. The third kappa shape index (κ3) is 2.40. The Kier molecular flexibility index (Phi) is 5.56. The van der Waals surface area contributed by atoms with Crippen molar-refractivity contribution in [2.45, 2.75) is 61.7 Å². The summed E-state index contributed by atoms with van der Waals surface area (Å²) in [6.07, 6.45) is -4.22. The molecule has 6 atom stereocenters. The fourth-order valence-corrected chi connectivity index (χ4v) is 3.79. The highest BCUT2D eigenvalue weighted by Gasteiger charge is 2.78. The number of carbonyl (C=O) groups excluding carboxylic acids is 4. The first-order valence-corrected chi connectivity index (χ1v) is 7.80. The number of carbonyl (C=O) groups is 4. The second-order valence-corrected chi connectivity index (χ2v) is 6.67. The minimum Gasteiger partial charge on any atom is -0.382 e. The van der Waals surface area contributed by atoms with Gasteiger partial charge in [0.15, 0.2) is 39.3 Å². The van der Waals surface area contributed by atoms with Gasteiger partial charge in [0.05, 0.1) is 0 Å². The number of aliphatic hydroxyl groups excluding tert-OH is 1. The van der Waals surface area contributed by atoms with Gasteiger partial charge in [-0.05, 0) is 27.7 Å². The van der Waals surface area contributed by atoms with Crippen molar-refractivity contribution in [1.29, 1.82) is 0 Å². The molecule has 10 heteroatoms. The van der Waals surface area contributed by atoms with E-state index in [2.05, 4.69) is 15.9 Å². The number of hydrogen-bond donors (Lipinski definition) is 4. The van der Waals surface area contributed by atoms with E-state index in [9.17, 15) is 39.6 Å². The van der Waals surface area contributed by atoms with Gasteiger partial charge in [-0.1, -0.05) is 15.9 Å². The molecular weight excluding hydrogens is 392 g/mol. The molecule has 0 bridgehead atoms. The smallest absolute Gasteiger partial charge is 0.200 e. The largest absolute Gasteiger partial charge is 0.382 e. The van der Waals surface area contributed by atoms with Gasteiger partial charge >= 0.3 is 0 Å². The predicted molar refractivity (Wildman–Crippen MR) is 81.2 cm³/mol. The van der Waals surface area contributed by atoms with E-state index in [0.717, 1.165) is 27.7 Å². The van der Waals surface area contributed by atoms with Gasteiger partial charge in [-0.15, -0.1) is 0 Å². The zero-order valence-corrected chi connectivity index (χ0v) is 15.0. The van der Waals surface area contributed by atoms with E-state index in [1.807, 2.05) is 0 Å². The van der Waals surface area contributed by atoms with Gasteiger partial charge in [0.25, 0.3) is 0 Å². The third-order valence-corrected chi connectivity index (χ3v) is 5.27. The summed E-state index contributed by atoms with van der Waals surface area (Å²) in [4.78, 5) is 47.6. The van der Waals surface area contributed by atoms with Gasteiger partial charge in [0.2, 0.25) is 5.60 Å². The van der Waals surface area contributed by atoms with Crippen molar-refractivity contribution >= 4 is 39.1 Å². The summed E-state index contributed by atoms with van der Waals surface area (Å²) >= 11 is 2.76. The summed E-state index contributed by atoms with van der Waals surface area (Å²) in [6.45, 7) is 3.24. The van der Waals surface area contributed by atoms with Crippen LogP contribution in [0.3, 0.4) is 0 Å². The van der Waals surface area contributed by atoms with Crippen LogP contribution < -0.4 is 0 Å². The number of halogens is 1. The molecule has 0 radical (unpaired) electrons. The Labute approximate surface area is 145 Å². The Morgan fingerprint density at radius 2 is 1.33 bits per heavy atom. The normalized spacial score (nSPS) is 40.7. The van der Waals surface area contributed by atoms with Crippen LogP contribution in [0.25, 0.3) is 0 Å². The van der Waals surface area contributed by atoms with Crippen LogP contribution in [-0.2, 0) is 23.9 Å². The molecule has 0 aromatic heterocycles. The molecule has 24 heavy (non-hydrogen) atoms. The molecule has 4 N–H and O–H groups in total. The fourth-order valence-electron chi connectivity index (χ4n) is 2.91. The molecule has 1 aliphatic heterocycles. The van der Waals surface area contributed by atoms with E-state index in [0.29, 0.717) is 0 Å². The van der Waals surface area contributed by atoms with E-state index in [1.54, 1.807) is 0 Å². The molecule has 0 spiro atoms. The molecule has 1 heterocycles. The maximum Gasteiger partial charge on any atom is 0.200 e. The first-order chi connectivity index (χ1) is 10.7. The minimum absolute atomic E-state index is 0.740. The highest BCUT2D eigenvalue weighted by molar-refractivity contribution is 9.09. The molecule has 0 aliphatic carbocycles. The number of hydrogen-bond acceptors (Lipinski definition) is 9. The Bertz CT molecular complexity index is 605. The van der Waals surface area contributed by atoms with E-state index in [4.69, 9.17) is 4.74 Å². The van der Waals surface area contributed by atoms with E-state index >= 15 is 0 Å². The Morgan fingerprint density at radius 1 is 0.917 bits per heavy atom. The number of Topliss-reactive ketones (excluding diaryl/α,β-unsaturated/α-hetero) is 4. The summed E-state index contributed by atoms with van der Waals surface area (Å²) in [5, 5.41) is 40.5. The van der Waals surface area contributed by atoms with E-state index < -0.39 is 57.2 Å². The number of rotatable bonds is 5. The molecule has 1 aliphatic rings. The maximum absolute atomic E-state index is 12.1. The van der Waals surface area contributed by atoms with Crippen molar-refractivity contribution in [2.24, 2.45) is 0 Å². The van der Waals surface area contributed by atoms with Crippen LogP contribution in [0.4, 0.5) is 0 Å². The number of ether oxygens (including phenoxy) is 1. The quantitative estimate of drug-likeness (QED) is 0.376. The molecule has 1 rings (SSSR count). The minimum atomic E-state index is -3.37. The third-order valence-electron chi connectivity index (χ3n) is 4.40. The lowest BCUT2D eigenvalue weighted by atomic mass is 9.60. The average molecular weight is 411 g/mol. The van der Waals surface area contributed by atoms with Crippen LogP contribution in [0.1, 0.15) is 27.7 Å². The fraction of sp³-hybridized carbons (Fsp3) is 0.714. The molecule has 0 saturated carbocycles.